The van der Waals surface area contributed by atoms with Gasteiger partial charge in [-0.1, -0.05) is 18.2 Å². The second-order valence-electron chi connectivity index (χ2n) is 3.67. The summed E-state index contributed by atoms with van der Waals surface area (Å²) in [5, 5.41) is 2.74. The number of unbranched alkanes of at least 4 members (excludes halogenated alkanes) is 1. The Bertz CT molecular complexity index is 403. The minimum Gasteiger partial charge on any atom is -0.395 e. The second-order valence-corrected chi connectivity index (χ2v) is 3.67. The Labute approximate surface area is 105 Å². The lowest BCUT2D eigenvalue weighted by atomic mass is 10.2. The van der Waals surface area contributed by atoms with Crippen LogP contribution in [0.1, 0.15) is 29.6 Å². The van der Waals surface area contributed by atoms with E-state index in [-0.39, 0.29) is 18.8 Å². The summed E-state index contributed by atoms with van der Waals surface area (Å²) in [5.74, 6) is -0.676. The van der Waals surface area contributed by atoms with Gasteiger partial charge in [0.25, 0.3) is 5.91 Å². The van der Waals surface area contributed by atoms with Crippen molar-refractivity contribution in [2.45, 2.75) is 19.3 Å². The Morgan fingerprint density at radius 2 is 1.89 bits per heavy atom. The average Bonchev–Trinajstić information content (AvgIpc) is 2.39. The maximum Gasteiger partial charge on any atom is 0.313 e. The number of nitrogens with one attached hydrogen (secondary N) is 1. The molecule has 0 heterocycles. The van der Waals surface area contributed by atoms with Crippen LogP contribution in [0.3, 0.4) is 0 Å². The number of benzene rings is 1. The molecule has 0 atom stereocenters. The summed E-state index contributed by atoms with van der Waals surface area (Å²) in [5.41, 5.74) is 0.609. The largest absolute Gasteiger partial charge is 0.395 e. The van der Waals surface area contributed by atoms with Crippen LogP contribution < -0.4 is 5.32 Å². The molecule has 0 saturated heterocycles. The molecule has 0 saturated carbocycles. The highest BCUT2D eigenvalue weighted by atomic mass is 16.6. The zero-order valence-corrected chi connectivity index (χ0v) is 9.93. The van der Waals surface area contributed by atoms with E-state index >= 15 is 0 Å². The van der Waals surface area contributed by atoms with Crippen LogP contribution in [0.15, 0.2) is 30.3 Å². The van der Waals surface area contributed by atoms with Crippen LogP contribution in [-0.2, 0) is 14.3 Å². The van der Waals surface area contributed by atoms with E-state index in [1.54, 1.807) is 24.3 Å². The minimum absolute atomic E-state index is 0.125. The molecule has 0 aromatic heterocycles. The summed E-state index contributed by atoms with van der Waals surface area (Å²) < 4.78 is 4.13. The van der Waals surface area contributed by atoms with Crippen LogP contribution in [-0.4, -0.2) is 24.9 Å². The molecule has 96 valence electrons. The van der Waals surface area contributed by atoms with Crippen LogP contribution in [0.5, 0.6) is 0 Å². The molecule has 0 fully saturated rings. The number of carbonyl (C=O) groups excluding carboxylic acids is 3. The number of esters is 1. The van der Waals surface area contributed by atoms with Gasteiger partial charge in [-0.05, 0) is 25.0 Å². The van der Waals surface area contributed by atoms with Gasteiger partial charge in [-0.2, -0.15) is 0 Å². The van der Waals surface area contributed by atoms with Crippen molar-refractivity contribution in [3.05, 3.63) is 35.9 Å². The standard InChI is InChI=1S/C13H15NO4/c15-10-18-12(16)8-4-5-9-14-13(17)11-6-2-1-3-7-11/h1-3,6-7,10H,4-5,8-9H2,(H,14,17). The maximum atomic E-state index is 11.6. The molecule has 1 aromatic carbocycles. The molecule has 0 unspecified atom stereocenters. The predicted molar refractivity (Wildman–Crippen MR) is 64.8 cm³/mol. The topological polar surface area (TPSA) is 72.5 Å². The summed E-state index contributed by atoms with van der Waals surface area (Å²) in [6, 6.07) is 8.90. The lowest BCUT2D eigenvalue weighted by molar-refractivity contribution is -0.151. The number of hydrogen-bond acceptors (Lipinski definition) is 4. The molecule has 0 aliphatic heterocycles. The third-order valence-electron chi connectivity index (χ3n) is 2.31. The molecule has 1 rings (SSSR count). The van der Waals surface area contributed by atoms with Gasteiger partial charge in [0.1, 0.15) is 0 Å². The van der Waals surface area contributed by atoms with E-state index in [1.165, 1.54) is 0 Å². The van der Waals surface area contributed by atoms with Crippen molar-refractivity contribution in [2.75, 3.05) is 6.54 Å². The van der Waals surface area contributed by atoms with Gasteiger partial charge in [0.15, 0.2) is 0 Å². The minimum atomic E-state index is -0.542. The first-order valence-corrected chi connectivity index (χ1v) is 5.70. The Morgan fingerprint density at radius 1 is 1.17 bits per heavy atom. The van der Waals surface area contributed by atoms with Crippen molar-refractivity contribution in [3.8, 4) is 0 Å². The number of rotatable bonds is 7. The van der Waals surface area contributed by atoms with Crippen molar-refractivity contribution in [1.29, 1.82) is 0 Å². The molecule has 5 nitrogen and oxygen atoms in total. The molecular weight excluding hydrogens is 234 g/mol. The molecule has 1 amide bonds. The number of carbonyl (C=O) groups is 3. The monoisotopic (exact) mass is 249 g/mol. The lowest BCUT2D eigenvalue weighted by Crippen LogP contribution is -2.24. The maximum absolute atomic E-state index is 11.6. The molecule has 0 radical (unpaired) electrons. The van der Waals surface area contributed by atoms with Crippen LogP contribution in [0, 0.1) is 0 Å². The van der Waals surface area contributed by atoms with Gasteiger partial charge in [0.05, 0.1) is 0 Å². The van der Waals surface area contributed by atoms with E-state index in [0.29, 0.717) is 24.9 Å². The predicted octanol–water partition coefficient (Wildman–Crippen LogP) is 1.29. The van der Waals surface area contributed by atoms with Crippen molar-refractivity contribution >= 4 is 18.3 Å². The molecule has 1 N–H and O–H groups in total. The van der Waals surface area contributed by atoms with Crippen LogP contribution in [0.2, 0.25) is 0 Å². The van der Waals surface area contributed by atoms with E-state index in [1.807, 2.05) is 6.07 Å². The summed E-state index contributed by atoms with van der Waals surface area (Å²) in [4.78, 5) is 32.3. The van der Waals surface area contributed by atoms with Gasteiger partial charge < -0.3 is 10.1 Å². The highest BCUT2D eigenvalue weighted by Crippen LogP contribution is 1.99. The first-order valence-electron chi connectivity index (χ1n) is 5.70. The first-order chi connectivity index (χ1) is 8.74. The van der Waals surface area contributed by atoms with E-state index in [4.69, 9.17) is 0 Å². The Balaban J connectivity index is 2.13. The van der Waals surface area contributed by atoms with E-state index < -0.39 is 5.97 Å². The molecule has 18 heavy (non-hydrogen) atoms. The SMILES string of the molecule is O=COC(=O)CCCCNC(=O)c1ccccc1. The molecule has 0 aliphatic rings. The smallest absolute Gasteiger partial charge is 0.313 e. The quantitative estimate of drug-likeness (QED) is 0.342. The molecule has 5 heteroatoms. The average molecular weight is 249 g/mol. The van der Waals surface area contributed by atoms with Gasteiger partial charge in [-0.3, -0.25) is 14.4 Å². The van der Waals surface area contributed by atoms with Crippen molar-refractivity contribution in [3.63, 3.8) is 0 Å². The third-order valence-corrected chi connectivity index (χ3v) is 2.31. The molecular formula is C13H15NO4. The van der Waals surface area contributed by atoms with Crippen LogP contribution in [0.25, 0.3) is 0 Å². The van der Waals surface area contributed by atoms with Gasteiger partial charge in [0.2, 0.25) is 0 Å². The molecule has 0 aliphatic carbocycles. The fourth-order valence-electron chi connectivity index (χ4n) is 1.40. The summed E-state index contributed by atoms with van der Waals surface area (Å²) in [6.07, 6.45) is 1.41. The highest BCUT2D eigenvalue weighted by Gasteiger charge is 2.04. The van der Waals surface area contributed by atoms with Crippen LogP contribution >= 0.6 is 0 Å². The fourth-order valence-corrected chi connectivity index (χ4v) is 1.40. The van der Waals surface area contributed by atoms with E-state index in [9.17, 15) is 14.4 Å². The summed E-state index contributed by atoms with van der Waals surface area (Å²) in [7, 11) is 0. The molecule has 0 spiro atoms. The van der Waals surface area contributed by atoms with Crippen molar-refractivity contribution < 1.29 is 19.1 Å². The zero-order valence-electron chi connectivity index (χ0n) is 9.93. The Hall–Kier alpha value is -2.17. The normalized spacial score (nSPS) is 9.56. The molecule has 1 aromatic rings. The summed E-state index contributed by atoms with van der Waals surface area (Å²) in [6.45, 7) is 0.613. The molecule has 0 bridgehead atoms. The lowest BCUT2D eigenvalue weighted by Gasteiger charge is -2.04. The van der Waals surface area contributed by atoms with E-state index in [2.05, 4.69) is 10.1 Å². The van der Waals surface area contributed by atoms with Crippen molar-refractivity contribution in [1.82, 2.24) is 5.32 Å². The first kappa shape index (κ1) is 13.9. The van der Waals surface area contributed by atoms with Gasteiger partial charge >= 0.3 is 12.4 Å². The van der Waals surface area contributed by atoms with Gasteiger partial charge in [-0.25, -0.2) is 0 Å². The Morgan fingerprint density at radius 3 is 2.56 bits per heavy atom. The van der Waals surface area contributed by atoms with Gasteiger partial charge in [0, 0.05) is 18.5 Å². The number of ether oxygens (including phenoxy) is 1. The van der Waals surface area contributed by atoms with E-state index in [0.717, 1.165) is 0 Å². The number of hydrogen-bond donors (Lipinski definition) is 1. The third kappa shape index (κ3) is 5.25. The fraction of sp³-hybridized carbons (Fsp3) is 0.308. The number of amides is 1. The highest BCUT2D eigenvalue weighted by molar-refractivity contribution is 5.94. The second kappa shape index (κ2) is 8.00. The Kier molecular flexibility index (Phi) is 6.17. The zero-order chi connectivity index (χ0) is 13.2. The van der Waals surface area contributed by atoms with Crippen LogP contribution in [0.4, 0.5) is 0 Å². The van der Waals surface area contributed by atoms with Gasteiger partial charge in [-0.15, -0.1) is 0 Å². The summed E-state index contributed by atoms with van der Waals surface area (Å²) >= 11 is 0. The van der Waals surface area contributed by atoms with Crippen molar-refractivity contribution in [2.24, 2.45) is 0 Å².